The molecule has 0 spiro atoms. The lowest BCUT2D eigenvalue weighted by Crippen LogP contribution is -2.35. The van der Waals surface area contributed by atoms with Crippen molar-refractivity contribution >= 4 is 28.5 Å². The van der Waals surface area contributed by atoms with E-state index in [1.807, 2.05) is 18.3 Å². The smallest absolute Gasteiger partial charge is 0.142 e. The zero-order valence-electron chi connectivity index (χ0n) is 13.8. The van der Waals surface area contributed by atoms with Crippen LogP contribution in [-0.2, 0) is 6.42 Å². The van der Waals surface area contributed by atoms with Gasteiger partial charge in [-0.15, -0.1) is 0 Å². The number of benzene rings is 1. The highest BCUT2D eigenvalue weighted by Crippen LogP contribution is 2.30. The Bertz CT molecular complexity index is 829. The van der Waals surface area contributed by atoms with E-state index in [4.69, 9.17) is 11.6 Å². The van der Waals surface area contributed by atoms with Gasteiger partial charge in [0.25, 0.3) is 0 Å². The van der Waals surface area contributed by atoms with Crippen LogP contribution in [0.4, 0.5) is 5.82 Å². The number of halogens is 1. The molecule has 124 valence electrons. The first-order chi connectivity index (χ1) is 11.7. The van der Waals surface area contributed by atoms with Crippen molar-refractivity contribution in [1.82, 2.24) is 15.0 Å². The second kappa shape index (κ2) is 6.44. The Balaban J connectivity index is 1.46. The van der Waals surface area contributed by atoms with Crippen molar-refractivity contribution in [3.05, 3.63) is 52.9 Å². The summed E-state index contributed by atoms with van der Waals surface area (Å²) in [6.07, 6.45) is 6.98. The van der Waals surface area contributed by atoms with Gasteiger partial charge in [0, 0.05) is 24.3 Å². The fraction of sp³-hybridized carbons (Fsp3) is 0.368. The number of H-pyrrole nitrogens is 1. The second-order valence-electron chi connectivity index (χ2n) is 6.61. The van der Waals surface area contributed by atoms with Gasteiger partial charge in [-0.2, -0.15) is 0 Å². The van der Waals surface area contributed by atoms with Gasteiger partial charge in [0.15, 0.2) is 0 Å². The molecular weight excluding hydrogens is 320 g/mol. The minimum absolute atomic E-state index is 0.684. The van der Waals surface area contributed by atoms with Crippen molar-refractivity contribution in [2.75, 3.05) is 18.0 Å². The molecule has 1 aliphatic heterocycles. The molecule has 2 aromatic heterocycles. The standard InChI is InChI=1S/C19H21ClN4/c1-13-3-2-4-17(20)16(13)11-14-6-9-24(10-7-14)19-15-5-8-21-18(15)22-12-23-19/h2-5,8,12,14H,6-7,9-11H2,1H3,(H,21,22,23). The zero-order chi connectivity index (χ0) is 16.5. The lowest BCUT2D eigenvalue weighted by atomic mass is 9.88. The Morgan fingerprint density at radius 1 is 1.21 bits per heavy atom. The number of anilines is 1. The molecule has 1 aromatic carbocycles. The van der Waals surface area contributed by atoms with Gasteiger partial charge >= 0.3 is 0 Å². The number of rotatable bonds is 3. The van der Waals surface area contributed by atoms with Crippen molar-refractivity contribution < 1.29 is 0 Å². The summed E-state index contributed by atoms with van der Waals surface area (Å²) in [5.74, 6) is 1.73. The van der Waals surface area contributed by atoms with Crippen LogP contribution in [0, 0.1) is 12.8 Å². The van der Waals surface area contributed by atoms with Gasteiger partial charge in [0.05, 0.1) is 5.39 Å². The fourth-order valence-electron chi connectivity index (χ4n) is 3.67. The summed E-state index contributed by atoms with van der Waals surface area (Å²) in [7, 11) is 0. The second-order valence-corrected chi connectivity index (χ2v) is 7.01. The molecule has 1 N–H and O–H groups in total. The van der Waals surface area contributed by atoms with Crippen molar-refractivity contribution in [3.8, 4) is 0 Å². The third-order valence-corrected chi connectivity index (χ3v) is 5.45. The van der Waals surface area contributed by atoms with Crippen LogP contribution in [0.15, 0.2) is 36.8 Å². The maximum atomic E-state index is 6.40. The average Bonchev–Trinajstić information content (AvgIpc) is 3.08. The fourth-order valence-corrected chi connectivity index (χ4v) is 3.97. The van der Waals surface area contributed by atoms with Crippen LogP contribution in [0.1, 0.15) is 24.0 Å². The number of aryl methyl sites for hydroxylation is 1. The first-order valence-electron chi connectivity index (χ1n) is 8.49. The summed E-state index contributed by atoms with van der Waals surface area (Å²) in [6, 6.07) is 8.24. The quantitative estimate of drug-likeness (QED) is 0.769. The molecule has 1 saturated heterocycles. The Hall–Kier alpha value is -2.07. The first kappa shape index (κ1) is 15.5. The number of fused-ring (bicyclic) bond motifs is 1. The molecule has 5 heteroatoms. The molecule has 3 aromatic rings. The van der Waals surface area contributed by atoms with E-state index in [1.54, 1.807) is 6.33 Å². The lowest BCUT2D eigenvalue weighted by Gasteiger charge is -2.33. The molecule has 4 rings (SSSR count). The average molecular weight is 341 g/mol. The number of hydrogen-bond acceptors (Lipinski definition) is 3. The highest BCUT2D eigenvalue weighted by atomic mass is 35.5. The van der Waals surface area contributed by atoms with Crippen LogP contribution < -0.4 is 4.90 Å². The van der Waals surface area contributed by atoms with E-state index < -0.39 is 0 Å². The van der Waals surface area contributed by atoms with Gasteiger partial charge < -0.3 is 9.88 Å². The van der Waals surface area contributed by atoms with Crippen LogP contribution in [0.3, 0.4) is 0 Å². The number of nitrogens with one attached hydrogen (secondary N) is 1. The molecular formula is C19H21ClN4. The number of piperidine rings is 1. The summed E-state index contributed by atoms with van der Waals surface area (Å²) in [4.78, 5) is 14.3. The van der Waals surface area contributed by atoms with E-state index in [0.29, 0.717) is 5.92 Å². The van der Waals surface area contributed by atoms with Crippen molar-refractivity contribution in [3.63, 3.8) is 0 Å². The SMILES string of the molecule is Cc1cccc(Cl)c1CC1CCN(c2ncnc3[nH]ccc23)CC1. The van der Waals surface area contributed by atoms with E-state index in [0.717, 1.165) is 41.4 Å². The van der Waals surface area contributed by atoms with Gasteiger partial charge in [0.2, 0.25) is 0 Å². The molecule has 3 heterocycles. The van der Waals surface area contributed by atoms with Crippen LogP contribution in [0.25, 0.3) is 11.0 Å². The van der Waals surface area contributed by atoms with Crippen molar-refractivity contribution in [1.29, 1.82) is 0 Å². The summed E-state index contributed by atoms with van der Waals surface area (Å²) in [6.45, 7) is 4.22. The van der Waals surface area contributed by atoms with Gasteiger partial charge in [-0.1, -0.05) is 23.7 Å². The summed E-state index contributed by atoms with van der Waals surface area (Å²) < 4.78 is 0. The molecule has 0 aliphatic carbocycles. The Kier molecular flexibility index (Phi) is 4.15. The Labute approximate surface area is 146 Å². The summed E-state index contributed by atoms with van der Waals surface area (Å²) >= 11 is 6.40. The topological polar surface area (TPSA) is 44.8 Å². The highest BCUT2D eigenvalue weighted by Gasteiger charge is 2.23. The molecule has 1 aliphatic rings. The molecule has 0 unspecified atom stereocenters. The molecule has 0 saturated carbocycles. The Morgan fingerprint density at radius 2 is 2.04 bits per heavy atom. The first-order valence-corrected chi connectivity index (χ1v) is 8.87. The van der Waals surface area contributed by atoms with E-state index in [9.17, 15) is 0 Å². The van der Waals surface area contributed by atoms with Crippen molar-refractivity contribution in [2.24, 2.45) is 5.92 Å². The summed E-state index contributed by atoms with van der Waals surface area (Å²) in [5, 5.41) is 2.01. The van der Waals surface area contributed by atoms with E-state index in [2.05, 4.69) is 38.9 Å². The van der Waals surface area contributed by atoms with Gasteiger partial charge in [-0.3, -0.25) is 0 Å². The third-order valence-electron chi connectivity index (χ3n) is 5.09. The number of hydrogen-bond donors (Lipinski definition) is 1. The normalized spacial score (nSPS) is 16.0. The molecule has 0 amide bonds. The van der Waals surface area contributed by atoms with Gasteiger partial charge in [-0.25, -0.2) is 9.97 Å². The van der Waals surface area contributed by atoms with Crippen LogP contribution in [0.2, 0.25) is 5.02 Å². The predicted octanol–water partition coefficient (Wildman–Crippen LogP) is 4.38. The van der Waals surface area contributed by atoms with Crippen LogP contribution in [-0.4, -0.2) is 28.0 Å². The molecule has 0 atom stereocenters. The zero-order valence-corrected chi connectivity index (χ0v) is 14.6. The number of aromatic amines is 1. The maximum Gasteiger partial charge on any atom is 0.142 e. The van der Waals surface area contributed by atoms with E-state index in [1.165, 1.54) is 24.0 Å². The van der Waals surface area contributed by atoms with Crippen LogP contribution in [0.5, 0.6) is 0 Å². The molecule has 0 radical (unpaired) electrons. The van der Waals surface area contributed by atoms with E-state index >= 15 is 0 Å². The van der Waals surface area contributed by atoms with Gasteiger partial charge in [0.1, 0.15) is 17.8 Å². The summed E-state index contributed by atoms with van der Waals surface area (Å²) in [5.41, 5.74) is 3.52. The molecule has 24 heavy (non-hydrogen) atoms. The largest absolute Gasteiger partial charge is 0.356 e. The molecule has 0 bridgehead atoms. The molecule has 4 nitrogen and oxygen atoms in total. The minimum atomic E-state index is 0.684. The van der Waals surface area contributed by atoms with Crippen molar-refractivity contribution in [2.45, 2.75) is 26.2 Å². The molecule has 1 fully saturated rings. The maximum absolute atomic E-state index is 6.40. The third kappa shape index (κ3) is 2.86. The van der Waals surface area contributed by atoms with Gasteiger partial charge in [-0.05, 0) is 55.4 Å². The predicted molar refractivity (Wildman–Crippen MR) is 98.7 cm³/mol. The number of aromatic nitrogens is 3. The van der Waals surface area contributed by atoms with E-state index in [-0.39, 0.29) is 0 Å². The Morgan fingerprint density at radius 3 is 2.83 bits per heavy atom. The highest BCUT2D eigenvalue weighted by molar-refractivity contribution is 6.31. The van der Waals surface area contributed by atoms with Crippen LogP contribution >= 0.6 is 11.6 Å². The minimum Gasteiger partial charge on any atom is -0.356 e. The lowest BCUT2D eigenvalue weighted by molar-refractivity contribution is 0.402. The number of nitrogens with zero attached hydrogens (tertiary/aromatic N) is 3. The monoisotopic (exact) mass is 340 g/mol.